The number of fused-ring (bicyclic) bond motifs is 1. The van der Waals surface area contributed by atoms with Crippen molar-refractivity contribution in [1.29, 1.82) is 5.26 Å². The van der Waals surface area contributed by atoms with Crippen molar-refractivity contribution < 1.29 is 27.4 Å². The fourth-order valence-corrected chi connectivity index (χ4v) is 4.52. The number of hydrogen-bond acceptors (Lipinski definition) is 7. The van der Waals surface area contributed by atoms with Gasteiger partial charge in [-0.1, -0.05) is 30.3 Å². The van der Waals surface area contributed by atoms with E-state index in [1.54, 1.807) is 36.4 Å². The number of hydrazone groups is 1. The zero-order valence-corrected chi connectivity index (χ0v) is 19.1. The molecule has 0 aliphatic carbocycles. The number of halogens is 3. The zero-order chi connectivity index (χ0) is 25.5. The summed E-state index contributed by atoms with van der Waals surface area (Å²) in [6.45, 7) is 1.60. The number of guanidine groups is 1. The third kappa shape index (κ3) is 3.51. The Morgan fingerprint density at radius 3 is 2.36 bits per heavy atom. The standard InChI is InChI=1S/C24H21F3N6O3/c1-35-18-9-7-16(8-10-18)23(24(25,26)27)19(15-28)20-32(17-5-3-2-4-6-17)21(30-33(20)22(34)29-23)31-11-13-36-14-12-31/h2-10H,11-14H2,1H3,(H,29,34)/t23-/m1/s1. The van der Waals surface area contributed by atoms with E-state index in [2.05, 4.69) is 10.4 Å². The lowest BCUT2D eigenvalue weighted by atomic mass is 9.80. The second-order valence-electron chi connectivity index (χ2n) is 8.20. The van der Waals surface area contributed by atoms with Crippen LogP contribution < -0.4 is 15.0 Å². The van der Waals surface area contributed by atoms with Gasteiger partial charge in [-0.3, -0.25) is 4.90 Å². The molecule has 0 bridgehead atoms. The van der Waals surface area contributed by atoms with Crippen molar-refractivity contribution in [3.8, 4) is 11.8 Å². The van der Waals surface area contributed by atoms with Crippen molar-refractivity contribution in [1.82, 2.24) is 15.2 Å². The number of para-hydroxylation sites is 1. The number of hydrogen-bond donors (Lipinski definition) is 1. The van der Waals surface area contributed by atoms with Gasteiger partial charge in [-0.05, 0) is 29.8 Å². The Balaban J connectivity index is 1.77. The normalized spacial score (nSPS) is 22.1. The van der Waals surface area contributed by atoms with Crippen molar-refractivity contribution in [3.05, 3.63) is 71.6 Å². The van der Waals surface area contributed by atoms with E-state index < -0.39 is 23.3 Å². The molecule has 3 aliphatic heterocycles. The molecule has 2 amide bonds. The molecule has 9 nitrogen and oxygen atoms in total. The molecule has 1 saturated heterocycles. The lowest BCUT2D eigenvalue weighted by Crippen LogP contribution is -2.63. The van der Waals surface area contributed by atoms with Crippen LogP contribution in [-0.4, -0.2) is 61.5 Å². The van der Waals surface area contributed by atoms with Crippen molar-refractivity contribution in [2.24, 2.45) is 5.10 Å². The summed E-state index contributed by atoms with van der Waals surface area (Å²) in [4.78, 5) is 16.5. The summed E-state index contributed by atoms with van der Waals surface area (Å²) in [6, 6.07) is 14.3. The van der Waals surface area contributed by atoms with Gasteiger partial charge < -0.3 is 19.7 Å². The Bertz CT molecular complexity index is 1270. The van der Waals surface area contributed by atoms with Crippen LogP contribution in [0, 0.1) is 11.3 Å². The van der Waals surface area contributed by atoms with Crippen LogP contribution in [0.25, 0.3) is 0 Å². The van der Waals surface area contributed by atoms with Crippen molar-refractivity contribution >= 4 is 17.7 Å². The predicted molar refractivity (Wildman–Crippen MR) is 122 cm³/mol. The number of benzene rings is 2. The van der Waals surface area contributed by atoms with Gasteiger partial charge in [0.15, 0.2) is 5.82 Å². The maximum atomic E-state index is 15.0. The number of nitriles is 1. The summed E-state index contributed by atoms with van der Waals surface area (Å²) in [7, 11) is 1.39. The van der Waals surface area contributed by atoms with Crippen LogP contribution in [-0.2, 0) is 10.3 Å². The number of amides is 2. The Morgan fingerprint density at radius 2 is 1.78 bits per heavy atom. The van der Waals surface area contributed by atoms with E-state index >= 15 is 0 Å². The Hall–Kier alpha value is -4.24. The van der Waals surface area contributed by atoms with Gasteiger partial charge in [-0.15, -0.1) is 5.10 Å². The first-order valence-corrected chi connectivity index (χ1v) is 11.1. The second kappa shape index (κ2) is 8.76. The monoisotopic (exact) mass is 498 g/mol. The van der Waals surface area contributed by atoms with E-state index in [0.29, 0.717) is 37.7 Å². The number of morpholine rings is 1. The number of anilines is 1. The Labute approximate surface area is 204 Å². The SMILES string of the molecule is COc1ccc([C@@]2(C(F)(F)F)NC(=O)N3N=C(N4CCOCC4)N(c4ccccc4)C3=C2C#N)cc1. The van der Waals surface area contributed by atoms with E-state index in [4.69, 9.17) is 9.47 Å². The van der Waals surface area contributed by atoms with Crippen molar-refractivity contribution in [2.75, 3.05) is 38.3 Å². The average Bonchev–Trinajstić information content (AvgIpc) is 3.30. The third-order valence-corrected chi connectivity index (χ3v) is 6.26. The van der Waals surface area contributed by atoms with Gasteiger partial charge in [-0.25, -0.2) is 4.79 Å². The van der Waals surface area contributed by atoms with Gasteiger partial charge in [-0.2, -0.15) is 23.4 Å². The summed E-state index contributed by atoms with van der Waals surface area (Å²) >= 11 is 0. The highest BCUT2D eigenvalue weighted by atomic mass is 19.4. The summed E-state index contributed by atoms with van der Waals surface area (Å²) in [5.41, 5.74) is -3.70. The van der Waals surface area contributed by atoms with Gasteiger partial charge >= 0.3 is 12.2 Å². The molecule has 0 aromatic heterocycles. The molecule has 0 unspecified atom stereocenters. The zero-order valence-electron chi connectivity index (χ0n) is 19.1. The lowest BCUT2D eigenvalue weighted by molar-refractivity contribution is -0.186. The molecule has 0 radical (unpaired) electrons. The number of ether oxygens (including phenoxy) is 2. The summed E-state index contributed by atoms with van der Waals surface area (Å²) in [5.74, 6) is 0.285. The lowest BCUT2D eigenvalue weighted by Gasteiger charge is -2.42. The van der Waals surface area contributed by atoms with Gasteiger partial charge in [0.2, 0.25) is 11.5 Å². The van der Waals surface area contributed by atoms with E-state index in [9.17, 15) is 23.2 Å². The second-order valence-corrected chi connectivity index (χ2v) is 8.20. The minimum Gasteiger partial charge on any atom is -0.497 e. The molecule has 1 fully saturated rings. The highest BCUT2D eigenvalue weighted by molar-refractivity contribution is 6.04. The number of carbonyl (C=O) groups is 1. The first-order valence-electron chi connectivity index (χ1n) is 11.1. The molecule has 1 N–H and O–H groups in total. The third-order valence-electron chi connectivity index (χ3n) is 6.26. The minimum atomic E-state index is -5.06. The van der Waals surface area contributed by atoms with Gasteiger partial charge in [0.25, 0.3) is 0 Å². The van der Waals surface area contributed by atoms with E-state index in [1.807, 2.05) is 4.90 Å². The molecule has 3 heterocycles. The van der Waals surface area contributed by atoms with Crippen molar-refractivity contribution in [2.45, 2.75) is 11.7 Å². The summed E-state index contributed by atoms with van der Waals surface area (Å²) < 4.78 is 55.4. The molecule has 2 aromatic carbocycles. The number of rotatable bonds is 3. The molecule has 12 heteroatoms. The fraction of sp³-hybridized carbons (Fsp3) is 0.292. The first kappa shape index (κ1) is 23.5. The Morgan fingerprint density at radius 1 is 1.11 bits per heavy atom. The van der Waals surface area contributed by atoms with Gasteiger partial charge in [0.1, 0.15) is 17.4 Å². The molecule has 36 heavy (non-hydrogen) atoms. The molecule has 3 aliphatic rings. The van der Waals surface area contributed by atoms with Crippen LogP contribution in [0.4, 0.5) is 23.7 Å². The highest BCUT2D eigenvalue weighted by Gasteiger charge is 2.65. The number of carbonyl (C=O) groups excluding carboxylic acids is 1. The van der Waals surface area contributed by atoms with E-state index in [1.165, 1.54) is 36.3 Å². The summed E-state index contributed by atoms with van der Waals surface area (Å²) in [5, 5.41) is 17.5. The maximum Gasteiger partial charge on any atom is 0.421 e. The fourth-order valence-electron chi connectivity index (χ4n) is 4.52. The molecule has 186 valence electrons. The summed E-state index contributed by atoms with van der Waals surface area (Å²) in [6.07, 6.45) is -5.06. The number of nitrogens with one attached hydrogen (secondary N) is 1. The van der Waals surface area contributed by atoms with Crippen molar-refractivity contribution in [3.63, 3.8) is 0 Å². The number of methoxy groups -OCH3 is 1. The molecular formula is C24H21F3N6O3. The molecule has 0 spiro atoms. The maximum absolute atomic E-state index is 15.0. The number of urea groups is 1. The van der Waals surface area contributed by atoms with Crippen LogP contribution in [0.5, 0.6) is 5.75 Å². The van der Waals surface area contributed by atoms with Crippen LogP contribution >= 0.6 is 0 Å². The smallest absolute Gasteiger partial charge is 0.421 e. The van der Waals surface area contributed by atoms with Gasteiger partial charge in [0, 0.05) is 13.1 Å². The van der Waals surface area contributed by atoms with Gasteiger partial charge in [0.05, 0.1) is 26.0 Å². The largest absolute Gasteiger partial charge is 0.497 e. The highest BCUT2D eigenvalue weighted by Crippen LogP contribution is 2.50. The topological polar surface area (TPSA) is 93.4 Å². The van der Waals surface area contributed by atoms with Crippen LogP contribution in [0.1, 0.15) is 5.56 Å². The molecule has 1 atom stereocenters. The number of alkyl halides is 3. The van der Waals surface area contributed by atoms with Crippen LogP contribution in [0.15, 0.2) is 71.1 Å². The predicted octanol–water partition coefficient (Wildman–Crippen LogP) is 3.34. The number of nitrogens with zero attached hydrogens (tertiary/aromatic N) is 5. The molecule has 0 saturated carbocycles. The van der Waals surface area contributed by atoms with Crippen LogP contribution in [0.2, 0.25) is 0 Å². The molecule has 5 rings (SSSR count). The molecular weight excluding hydrogens is 477 g/mol. The molecule has 2 aromatic rings. The van der Waals surface area contributed by atoms with E-state index in [0.717, 1.165) is 5.01 Å². The average molecular weight is 498 g/mol. The Kier molecular flexibility index (Phi) is 5.72. The minimum absolute atomic E-state index is 0.232. The first-order chi connectivity index (χ1) is 17.3. The quantitative estimate of drug-likeness (QED) is 0.698. The van der Waals surface area contributed by atoms with E-state index in [-0.39, 0.29) is 17.3 Å². The van der Waals surface area contributed by atoms with Crippen LogP contribution in [0.3, 0.4) is 0 Å².